The van der Waals surface area contributed by atoms with Crippen LogP contribution in [0.25, 0.3) is 0 Å². The average Bonchev–Trinajstić information content (AvgIpc) is 2.07. The number of hydrogen-bond donors (Lipinski definition) is 0. The normalized spacial score (nSPS) is 13.7. The number of carbonyl (C=O) groups excluding carboxylic acids is 1. The zero-order valence-electron chi connectivity index (χ0n) is 8.62. The lowest BCUT2D eigenvalue weighted by Crippen LogP contribution is -2.19. The predicted molar refractivity (Wildman–Crippen MR) is 52.5 cm³/mol. The van der Waals surface area contributed by atoms with Gasteiger partial charge >= 0.3 is 0 Å². The number of pyridine rings is 1. The van der Waals surface area contributed by atoms with Gasteiger partial charge in [0, 0.05) is 12.1 Å². The van der Waals surface area contributed by atoms with Gasteiger partial charge in [-0.05, 0) is 17.0 Å². The summed E-state index contributed by atoms with van der Waals surface area (Å²) in [5, 5.41) is 0. The highest BCUT2D eigenvalue weighted by Gasteiger charge is 2.25. The van der Waals surface area contributed by atoms with Crippen LogP contribution in [0.3, 0.4) is 0 Å². The fourth-order valence-electron chi connectivity index (χ4n) is 1.35. The Morgan fingerprint density at radius 3 is 2.43 bits per heavy atom. The van der Waals surface area contributed by atoms with Crippen molar-refractivity contribution in [2.45, 2.75) is 26.7 Å². The molecule has 1 heterocycles. The van der Waals surface area contributed by atoms with Crippen LogP contribution in [0.1, 0.15) is 32.3 Å². The van der Waals surface area contributed by atoms with Crippen LogP contribution in [0.15, 0.2) is 18.3 Å². The summed E-state index contributed by atoms with van der Waals surface area (Å²) >= 11 is 0. The van der Waals surface area contributed by atoms with Gasteiger partial charge in [-0.2, -0.15) is 4.39 Å². The first kappa shape index (κ1) is 10.8. The molecule has 0 saturated heterocycles. The molecule has 1 aromatic rings. The predicted octanol–water partition coefficient (Wildman–Crippen LogP) is 2.55. The van der Waals surface area contributed by atoms with Gasteiger partial charge in [0.25, 0.3) is 0 Å². The maximum atomic E-state index is 12.6. The molecule has 0 aliphatic carbocycles. The van der Waals surface area contributed by atoms with E-state index in [-0.39, 0.29) is 11.3 Å². The zero-order valence-corrected chi connectivity index (χ0v) is 8.62. The van der Waals surface area contributed by atoms with Crippen molar-refractivity contribution in [3.63, 3.8) is 0 Å². The SMILES string of the molecule is CC(C)(C)C(C=O)c1ccc(F)nc1. The van der Waals surface area contributed by atoms with E-state index >= 15 is 0 Å². The lowest BCUT2D eigenvalue weighted by Gasteiger charge is -2.25. The van der Waals surface area contributed by atoms with Crippen LogP contribution in [0.5, 0.6) is 0 Å². The Labute approximate surface area is 83.2 Å². The van der Waals surface area contributed by atoms with E-state index in [2.05, 4.69) is 4.98 Å². The molecule has 0 aliphatic rings. The van der Waals surface area contributed by atoms with Gasteiger partial charge in [-0.3, -0.25) is 0 Å². The summed E-state index contributed by atoms with van der Waals surface area (Å²) in [5.74, 6) is -0.761. The van der Waals surface area contributed by atoms with E-state index in [9.17, 15) is 9.18 Å². The number of hydrogen-bond acceptors (Lipinski definition) is 2. The Balaban J connectivity index is 3.02. The molecular weight excluding hydrogens is 181 g/mol. The molecule has 0 N–H and O–H groups in total. The molecule has 2 nitrogen and oxygen atoms in total. The van der Waals surface area contributed by atoms with E-state index in [1.165, 1.54) is 12.3 Å². The minimum absolute atomic E-state index is 0.165. The van der Waals surface area contributed by atoms with Crippen molar-refractivity contribution in [1.82, 2.24) is 4.98 Å². The molecular formula is C11H14FNO. The molecule has 76 valence electrons. The first-order valence-electron chi connectivity index (χ1n) is 4.52. The molecule has 14 heavy (non-hydrogen) atoms. The molecule has 0 bridgehead atoms. The van der Waals surface area contributed by atoms with Gasteiger partial charge in [0.2, 0.25) is 5.95 Å². The Morgan fingerprint density at radius 2 is 2.07 bits per heavy atom. The molecule has 0 amide bonds. The fraction of sp³-hybridized carbons (Fsp3) is 0.455. The molecule has 1 unspecified atom stereocenters. The standard InChI is InChI=1S/C11H14FNO/c1-11(2,3)9(7-14)8-4-5-10(12)13-6-8/h4-7,9H,1-3H3. The molecule has 1 atom stereocenters. The van der Waals surface area contributed by atoms with E-state index in [0.717, 1.165) is 11.8 Å². The van der Waals surface area contributed by atoms with E-state index in [0.29, 0.717) is 0 Å². The summed E-state index contributed by atoms with van der Waals surface area (Å²) in [4.78, 5) is 14.5. The molecule has 0 saturated carbocycles. The maximum Gasteiger partial charge on any atom is 0.212 e. The molecule has 1 rings (SSSR count). The van der Waals surface area contributed by atoms with E-state index < -0.39 is 5.95 Å². The summed E-state index contributed by atoms with van der Waals surface area (Å²) in [6, 6.07) is 2.88. The van der Waals surface area contributed by atoms with Gasteiger partial charge in [0.05, 0.1) is 0 Å². The molecule has 0 aromatic carbocycles. The second-order valence-corrected chi connectivity index (χ2v) is 4.39. The minimum Gasteiger partial charge on any atom is -0.303 e. The summed E-state index contributed by atoms with van der Waals surface area (Å²) in [5.41, 5.74) is 0.593. The third-order valence-electron chi connectivity index (χ3n) is 2.18. The van der Waals surface area contributed by atoms with Crippen molar-refractivity contribution >= 4 is 6.29 Å². The van der Waals surface area contributed by atoms with E-state index in [4.69, 9.17) is 0 Å². The van der Waals surface area contributed by atoms with Crippen LogP contribution in [-0.4, -0.2) is 11.3 Å². The van der Waals surface area contributed by atoms with Gasteiger partial charge in [-0.25, -0.2) is 4.98 Å². The van der Waals surface area contributed by atoms with Crippen molar-refractivity contribution in [1.29, 1.82) is 0 Å². The Bertz CT molecular complexity index is 313. The Hall–Kier alpha value is -1.25. The zero-order chi connectivity index (χ0) is 10.8. The number of aromatic nitrogens is 1. The van der Waals surface area contributed by atoms with Crippen LogP contribution in [0.4, 0.5) is 4.39 Å². The number of carbonyl (C=O) groups is 1. The van der Waals surface area contributed by atoms with Crippen LogP contribution >= 0.6 is 0 Å². The van der Waals surface area contributed by atoms with E-state index in [1.807, 2.05) is 20.8 Å². The van der Waals surface area contributed by atoms with Gasteiger partial charge in [0.15, 0.2) is 0 Å². The molecule has 0 spiro atoms. The molecule has 1 aromatic heterocycles. The third-order valence-corrected chi connectivity index (χ3v) is 2.18. The largest absolute Gasteiger partial charge is 0.303 e. The molecule has 0 aliphatic heterocycles. The Kier molecular flexibility index (Phi) is 2.99. The van der Waals surface area contributed by atoms with Crippen molar-refractivity contribution < 1.29 is 9.18 Å². The van der Waals surface area contributed by atoms with Gasteiger partial charge in [-0.15, -0.1) is 0 Å². The van der Waals surface area contributed by atoms with Gasteiger partial charge in [0.1, 0.15) is 6.29 Å². The minimum atomic E-state index is -0.521. The molecule has 3 heteroatoms. The smallest absolute Gasteiger partial charge is 0.212 e. The second kappa shape index (κ2) is 3.86. The van der Waals surface area contributed by atoms with Crippen molar-refractivity contribution in [3.8, 4) is 0 Å². The molecule has 0 radical (unpaired) electrons. The highest BCUT2D eigenvalue weighted by atomic mass is 19.1. The summed E-state index contributed by atoms with van der Waals surface area (Å²) in [6.45, 7) is 5.90. The van der Waals surface area contributed by atoms with Crippen LogP contribution < -0.4 is 0 Å². The van der Waals surface area contributed by atoms with Gasteiger partial charge in [-0.1, -0.05) is 26.8 Å². The summed E-state index contributed by atoms with van der Waals surface area (Å²) < 4.78 is 12.6. The monoisotopic (exact) mass is 195 g/mol. The number of rotatable bonds is 2. The lowest BCUT2D eigenvalue weighted by molar-refractivity contribution is -0.111. The first-order valence-corrected chi connectivity index (χ1v) is 4.52. The Morgan fingerprint density at radius 1 is 1.43 bits per heavy atom. The van der Waals surface area contributed by atoms with Crippen molar-refractivity contribution in [2.75, 3.05) is 0 Å². The van der Waals surface area contributed by atoms with Gasteiger partial charge < -0.3 is 4.79 Å². The maximum absolute atomic E-state index is 12.6. The number of aldehydes is 1. The van der Waals surface area contributed by atoms with Crippen LogP contribution in [-0.2, 0) is 4.79 Å². The van der Waals surface area contributed by atoms with Crippen LogP contribution in [0, 0.1) is 11.4 Å². The lowest BCUT2D eigenvalue weighted by atomic mass is 9.78. The topological polar surface area (TPSA) is 30.0 Å². The molecule has 0 fully saturated rings. The fourth-order valence-corrected chi connectivity index (χ4v) is 1.35. The van der Waals surface area contributed by atoms with Crippen molar-refractivity contribution in [3.05, 3.63) is 29.8 Å². The first-order chi connectivity index (χ1) is 6.45. The van der Waals surface area contributed by atoms with E-state index in [1.54, 1.807) is 6.07 Å². The summed E-state index contributed by atoms with van der Waals surface area (Å²) in [7, 11) is 0. The highest BCUT2D eigenvalue weighted by molar-refractivity contribution is 5.63. The van der Waals surface area contributed by atoms with Crippen LogP contribution in [0.2, 0.25) is 0 Å². The quantitative estimate of drug-likeness (QED) is 0.536. The number of nitrogens with zero attached hydrogens (tertiary/aromatic N) is 1. The van der Waals surface area contributed by atoms with Crippen molar-refractivity contribution in [2.24, 2.45) is 5.41 Å². The summed E-state index contributed by atoms with van der Waals surface area (Å²) in [6.07, 6.45) is 2.30. The third kappa shape index (κ3) is 2.37. The number of halogens is 1. The highest BCUT2D eigenvalue weighted by Crippen LogP contribution is 2.32. The average molecular weight is 195 g/mol. The second-order valence-electron chi connectivity index (χ2n) is 4.39.